The van der Waals surface area contributed by atoms with Crippen molar-refractivity contribution in [3.05, 3.63) is 0 Å². The Morgan fingerprint density at radius 1 is 1.71 bits per heavy atom. The first-order valence-electron chi connectivity index (χ1n) is 2.59. The van der Waals surface area contributed by atoms with Crippen LogP contribution in [0, 0.1) is 0 Å². The average molecular weight is 102 g/mol. The van der Waals surface area contributed by atoms with Crippen LogP contribution in [0.4, 0.5) is 0 Å². The monoisotopic (exact) mass is 102 g/mol. The summed E-state index contributed by atoms with van der Waals surface area (Å²) in [5.74, 6) is 0. The van der Waals surface area contributed by atoms with Gasteiger partial charge in [0.05, 0.1) is 13.6 Å². The zero-order valence-corrected chi connectivity index (χ0v) is 4.90. The highest BCUT2D eigenvalue weighted by atomic mass is 16.1. The van der Waals surface area contributed by atoms with Gasteiger partial charge in [0.2, 0.25) is 0 Å². The molecule has 42 valence electrons. The third kappa shape index (κ3) is 3.46. The number of hydrogen-bond donors (Lipinski definition) is 1. The van der Waals surface area contributed by atoms with Crippen LogP contribution < -0.4 is 4.90 Å². The topological polar surface area (TPSA) is 21.5 Å². The summed E-state index contributed by atoms with van der Waals surface area (Å²) in [5, 5.41) is 0. The third-order valence-corrected chi connectivity index (χ3v) is 0.846. The molecule has 2 heteroatoms. The van der Waals surface area contributed by atoms with Crippen LogP contribution in [-0.4, -0.2) is 20.0 Å². The normalized spacial score (nSPS) is 13.4. The molecule has 1 amide bonds. The maximum absolute atomic E-state index is 9.86. The first-order valence-corrected chi connectivity index (χ1v) is 2.59. The number of carbonyl (C=O) groups is 1. The van der Waals surface area contributed by atoms with Gasteiger partial charge in [-0.1, -0.05) is 6.92 Å². The zero-order chi connectivity index (χ0) is 5.70. The Labute approximate surface area is 44.1 Å². The van der Waals surface area contributed by atoms with E-state index in [-0.39, 0.29) is 0 Å². The van der Waals surface area contributed by atoms with Crippen molar-refractivity contribution in [3.8, 4) is 0 Å². The number of amides is 1. The highest BCUT2D eigenvalue weighted by molar-refractivity contribution is 5.33. The predicted molar refractivity (Wildman–Crippen MR) is 28.1 cm³/mol. The molecule has 7 heavy (non-hydrogen) atoms. The fourth-order valence-electron chi connectivity index (χ4n) is 0.453. The van der Waals surface area contributed by atoms with Gasteiger partial charge in [-0.15, -0.1) is 0 Å². The second-order valence-electron chi connectivity index (χ2n) is 1.71. The van der Waals surface area contributed by atoms with E-state index >= 15 is 0 Å². The minimum absolute atomic E-state index is 0.920. The van der Waals surface area contributed by atoms with Gasteiger partial charge in [-0.05, 0) is 6.42 Å². The van der Waals surface area contributed by atoms with E-state index < -0.39 is 0 Å². The van der Waals surface area contributed by atoms with Crippen molar-refractivity contribution in [2.75, 3.05) is 13.6 Å². The van der Waals surface area contributed by atoms with Crippen molar-refractivity contribution in [1.29, 1.82) is 0 Å². The molecule has 0 aliphatic rings. The van der Waals surface area contributed by atoms with Gasteiger partial charge < -0.3 is 0 Å². The molecular formula is C5H12NO+. The molecule has 0 radical (unpaired) electrons. The number of rotatable bonds is 3. The lowest BCUT2D eigenvalue weighted by molar-refractivity contribution is -0.788. The van der Waals surface area contributed by atoms with E-state index in [1.165, 1.54) is 0 Å². The smallest absolute Gasteiger partial charge is 0.277 e. The van der Waals surface area contributed by atoms with Crippen LogP contribution in [0.2, 0.25) is 0 Å². The number of quaternary nitrogens is 1. The Bertz CT molecular complexity index is 54.0. The molecule has 0 aromatic rings. The first-order chi connectivity index (χ1) is 3.31. The van der Waals surface area contributed by atoms with Crippen molar-refractivity contribution in [3.63, 3.8) is 0 Å². The molecule has 1 N–H and O–H groups in total. The highest BCUT2D eigenvalue weighted by Crippen LogP contribution is 1.58. The first kappa shape index (κ1) is 6.63. The van der Waals surface area contributed by atoms with E-state index in [1.807, 2.05) is 7.05 Å². The van der Waals surface area contributed by atoms with Gasteiger partial charge >= 0.3 is 0 Å². The van der Waals surface area contributed by atoms with Gasteiger partial charge in [0, 0.05) is 0 Å². The van der Waals surface area contributed by atoms with Gasteiger partial charge in [0.25, 0.3) is 6.41 Å². The largest absolute Gasteiger partial charge is 0.299 e. The summed E-state index contributed by atoms with van der Waals surface area (Å²) in [7, 11) is 1.86. The molecule has 0 spiro atoms. The van der Waals surface area contributed by atoms with E-state index in [2.05, 4.69) is 6.92 Å². The van der Waals surface area contributed by atoms with Crippen molar-refractivity contribution < 1.29 is 9.69 Å². The molecule has 0 bridgehead atoms. The molecule has 0 heterocycles. The van der Waals surface area contributed by atoms with E-state index in [9.17, 15) is 4.79 Å². The standard InChI is InChI=1S/C5H11NO/c1-3-4-6(2)5-7/h5H,3-4H2,1-2H3/p+1. The molecule has 2 nitrogen and oxygen atoms in total. The van der Waals surface area contributed by atoms with Crippen LogP contribution in [0.5, 0.6) is 0 Å². The van der Waals surface area contributed by atoms with E-state index in [0.29, 0.717) is 0 Å². The summed E-state index contributed by atoms with van der Waals surface area (Å²) >= 11 is 0. The molecule has 0 aromatic heterocycles. The molecule has 0 saturated heterocycles. The quantitative estimate of drug-likeness (QED) is 0.457. The second-order valence-corrected chi connectivity index (χ2v) is 1.71. The predicted octanol–water partition coefficient (Wildman–Crippen LogP) is -0.932. The van der Waals surface area contributed by atoms with Crippen molar-refractivity contribution in [2.45, 2.75) is 13.3 Å². The van der Waals surface area contributed by atoms with Gasteiger partial charge in [-0.3, -0.25) is 4.90 Å². The van der Waals surface area contributed by atoms with Crippen LogP contribution >= 0.6 is 0 Å². The lowest BCUT2D eigenvalue weighted by Crippen LogP contribution is -3.07. The minimum atomic E-state index is 0.920. The SMILES string of the molecule is CCC[NH+](C)C=O. The maximum atomic E-state index is 9.86. The molecule has 0 aliphatic heterocycles. The molecule has 0 rings (SSSR count). The number of hydrogen-bond acceptors (Lipinski definition) is 1. The Hall–Kier alpha value is -0.370. The van der Waals surface area contributed by atoms with E-state index in [1.54, 1.807) is 0 Å². The van der Waals surface area contributed by atoms with Crippen LogP contribution in [0.25, 0.3) is 0 Å². The molecule has 0 aromatic carbocycles. The third-order valence-electron chi connectivity index (χ3n) is 0.846. The van der Waals surface area contributed by atoms with Crippen molar-refractivity contribution in [1.82, 2.24) is 0 Å². The highest BCUT2D eigenvalue weighted by Gasteiger charge is 1.91. The lowest BCUT2D eigenvalue weighted by Gasteiger charge is -1.98. The van der Waals surface area contributed by atoms with E-state index in [0.717, 1.165) is 24.3 Å². The molecule has 0 fully saturated rings. The number of nitrogens with one attached hydrogen (secondary N) is 1. The van der Waals surface area contributed by atoms with Crippen LogP contribution in [0.15, 0.2) is 0 Å². The Morgan fingerprint density at radius 2 is 2.29 bits per heavy atom. The van der Waals surface area contributed by atoms with Crippen molar-refractivity contribution >= 4 is 6.41 Å². The van der Waals surface area contributed by atoms with Crippen molar-refractivity contribution in [2.24, 2.45) is 0 Å². The maximum Gasteiger partial charge on any atom is 0.299 e. The van der Waals surface area contributed by atoms with Crippen LogP contribution in [-0.2, 0) is 4.79 Å². The Kier molecular flexibility index (Phi) is 3.61. The molecule has 1 atom stereocenters. The minimum Gasteiger partial charge on any atom is -0.277 e. The van der Waals surface area contributed by atoms with Crippen LogP contribution in [0.3, 0.4) is 0 Å². The summed E-state index contributed by atoms with van der Waals surface area (Å²) in [6.07, 6.45) is 1.99. The summed E-state index contributed by atoms with van der Waals surface area (Å²) < 4.78 is 0. The summed E-state index contributed by atoms with van der Waals surface area (Å²) in [5.41, 5.74) is 0. The average Bonchev–Trinajstić information content (AvgIpc) is 1.68. The fourth-order valence-corrected chi connectivity index (χ4v) is 0.453. The van der Waals surface area contributed by atoms with Gasteiger partial charge in [-0.25, -0.2) is 4.79 Å². The Balaban J connectivity index is 2.98. The molecule has 1 unspecified atom stereocenters. The lowest BCUT2D eigenvalue weighted by atomic mass is 10.5. The zero-order valence-electron chi connectivity index (χ0n) is 4.90. The summed E-state index contributed by atoms with van der Waals surface area (Å²) in [6.45, 7) is 3.01. The van der Waals surface area contributed by atoms with Gasteiger partial charge in [0.15, 0.2) is 0 Å². The molecule has 0 saturated carbocycles. The Morgan fingerprint density at radius 3 is 2.43 bits per heavy atom. The number of carbonyl (C=O) groups excluding carboxylic acids is 1. The summed E-state index contributed by atoms with van der Waals surface area (Å²) in [6, 6.07) is 0. The molecular weight excluding hydrogens is 90.1 g/mol. The van der Waals surface area contributed by atoms with Gasteiger partial charge in [0.1, 0.15) is 0 Å². The molecule has 0 aliphatic carbocycles. The second kappa shape index (κ2) is 3.81. The van der Waals surface area contributed by atoms with Gasteiger partial charge in [-0.2, -0.15) is 0 Å². The summed E-state index contributed by atoms with van der Waals surface area (Å²) in [4.78, 5) is 10.8. The fraction of sp³-hybridized carbons (Fsp3) is 0.800. The van der Waals surface area contributed by atoms with E-state index in [4.69, 9.17) is 0 Å². The van der Waals surface area contributed by atoms with Crippen LogP contribution in [0.1, 0.15) is 13.3 Å².